The molecule has 1 amide bonds. The van der Waals surface area contributed by atoms with Crippen LogP contribution in [0.4, 0.5) is 0 Å². The Hall–Kier alpha value is -3.08. The molecule has 0 fully saturated rings. The number of nitrogens with zero attached hydrogens (tertiary/aromatic N) is 2. The van der Waals surface area contributed by atoms with E-state index < -0.39 is 0 Å². The zero-order valence-corrected chi connectivity index (χ0v) is 16.2. The van der Waals surface area contributed by atoms with E-state index >= 15 is 0 Å². The van der Waals surface area contributed by atoms with Crippen LogP contribution >= 0.6 is 0 Å². The van der Waals surface area contributed by atoms with Crippen LogP contribution < -0.4 is 10.1 Å². The number of benzene rings is 2. The lowest BCUT2D eigenvalue weighted by molar-refractivity contribution is 0.0954. The summed E-state index contributed by atoms with van der Waals surface area (Å²) in [5, 5.41) is 2.98. The molecule has 3 rings (SSSR count). The fraction of sp³-hybridized carbons (Fsp3) is 0.273. The van der Waals surface area contributed by atoms with Gasteiger partial charge in [-0.15, -0.1) is 0 Å². The number of hydrogen-bond donors (Lipinski definition) is 1. The number of ether oxygens (including phenoxy) is 1. The normalized spacial score (nSPS) is 10.7. The summed E-state index contributed by atoms with van der Waals surface area (Å²) in [6, 6.07) is 11.8. The molecule has 0 aliphatic heterocycles. The van der Waals surface area contributed by atoms with Crippen molar-refractivity contribution in [2.24, 2.45) is 0 Å². The summed E-state index contributed by atoms with van der Waals surface area (Å²) in [7, 11) is 1.60. The van der Waals surface area contributed by atoms with Crippen molar-refractivity contribution in [3.8, 4) is 11.4 Å². The molecule has 27 heavy (non-hydrogen) atoms. The summed E-state index contributed by atoms with van der Waals surface area (Å²) in [6.07, 6.45) is 4.45. The van der Waals surface area contributed by atoms with Crippen molar-refractivity contribution in [1.29, 1.82) is 0 Å². The number of aryl methyl sites for hydroxylation is 3. The minimum atomic E-state index is -0.106. The monoisotopic (exact) mass is 363 g/mol. The Morgan fingerprint density at radius 1 is 1.11 bits per heavy atom. The number of amides is 1. The van der Waals surface area contributed by atoms with Gasteiger partial charge >= 0.3 is 0 Å². The highest BCUT2D eigenvalue weighted by atomic mass is 16.5. The minimum Gasteiger partial charge on any atom is -0.495 e. The molecule has 0 saturated carbocycles. The van der Waals surface area contributed by atoms with Gasteiger partial charge in [0.05, 0.1) is 24.8 Å². The van der Waals surface area contributed by atoms with Gasteiger partial charge in [-0.25, -0.2) is 4.98 Å². The van der Waals surface area contributed by atoms with Gasteiger partial charge in [0.1, 0.15) is 5.75 Å². The van der Waals surface area contributed by atoms with Crippen molar-refractivity contribution in [3.05, 3.63) is 76.9 Å². The molecule has 0 aliphatic carbocycles. The molecular formula is C22H25N3O2. The van der Waals surface area contributed by atoms with Crippen LogP contribution in [0.3, 0.4) is 0 Å². The summed E-state index contributed by atoms with van der Waals surface area (Å²) in [5.41, 5.74) is 6.13. The van der Waals surface area contributed by atoms with Crippen LogP contribution in [-0.2, 0) is 6.42 Å². The van der Waals surface area contributed by atoms with E-state index in [4.69, 9.17) is 4.74 Å². The van der Waals surface area contributed by atoms with Crippen molar-refractivity contribution >= 4 is 5.91 Å². The maximum absolute atomic E-state index is 12.5. The van der Waals surface area contributed by atoms with Gasteiger partial charge in [0.25, 0.3) is 5.91 Å². The Morgan fingerprint density at radius 2 is 1.93 bits per heavy atom. The Balaban J connectivity index is 1.66. The second kappa shape index (κ2) is 8.08. The van der Waals surface area contributed by atoms with E-state index in [9.17, 15) is 4.79 Å². The molecule has 1 N–H and O–H groups in total. The molecule has 3 aromatic rings. The Labute approximate surface area is 160 Å². The van der Waals surface area contributed by atoms with Crippen molar-refractivity contribution in [1.82, 2.24) is 14.9 Å². The van der Waals surface area contributed by atoms with E-state index in [-0.39, 0.29) is 5.91 Å². The molecule has 5 heteroatoms. The lowest BCUT2D eigenvalue weighted by Gasteiger charge is -2.12. The van der Waals surface area contributed by atoms with Crippen molar-refractivity contribution in [2.45, 2.75) is 27.2 Å². The predicted molar refractivity (Wildman–Crippen MR) is 107 cm³/mol. The third-order valence-electron chi connectivity index (χ3n) is 4.70. The highest BCUT2D eigenvalue weighted by Gasteiger charge is 2.11. The minimum absolute atomic E-state index is 0.106. The molecule has 0 radical (unpaired) electrons. The number of hydrogen-bond acceptors (Lipinski definition) is 3. The SMILES string of the molecule is COc1cc(C(=O)NCCc2ccc(C)c(C)c2)ccc1-n1cnc(C)c1. The highest BCUT2D eigenvalue weighted by Crippen LogP contribution is 2.24. The molecule has 0 saturated heterocycles. The van der Waals surface area contributed by atoms with Crippen molar-refractivity contribution in [3.63, 3.8) is 0 Å². The van der Waals surface area contributed by atoms with Gasteiger partial charge in [0.15, 0.2) is 0 Å². The lowest BCUT2D eigenvalue weighted by Crippen LogP contribution is -2.25. The van der Waals surface area contributed by atoms with Crippen LogP contribution in [0.5, 0.6) is 5.75 Å². The first-order valence-electron chi connectivity index (χ1n) is 9.01. The average molecular weight is 363 g/mol. The topological polar surface area (TPSA) is 56.1 Å². The zero-order valence-electron chi connectivity index (χ0n) is 16.2. The number of aromatic nitrogens is 2. The first kappa shape index (κ1) is 18.7. The van der Waals surface area contributed by atoms with E-state index in [2.05, 4.69) is 42.3 Å². The first-order valence-corrected chi connectivity index (χ1v) is 9.01. The summed E-state index contributed by atoms with van der Waals surface area (Å²) < 4.78 is 7.35. The second-order valence-corrected chi connectivity index (χ2v) is 6.73. The number of methoxy groups -OCH3 is 1. The molecule has 140 valence electrons. The lowest BCUT2D eigenvalue weighted by atomic mass is 10.0. The molecule has 2 aromatic carbocycles. The number of imidazole rings is 1. The van der Waals surface area contributed by atoms with Crippen molar-refractivity contribution < 1.29 is 9.53 Å². The van der Waals surface area contributed by atoms with Gasteiger partial charge in [0, 0.05) is 18.3 Å². The molecule has 0 bridgehead atoms. The van der Waals surface area contributed by atoms with Gasteiger partial charge in [-0.05, 0) is 62.1 Å². The molecule has 1 heterocycles. The second-order valence-electron chi connectivity index (χ2n) is 6.73. The maximum atomic E-state index is 12.5. The van der Waals surface area contributed by atoms with Crippen LogP contribution in [0.25, 0.3) is 5.69 Å². The summed E-state index contributed by atoms with van der Waals surface area (Å²) in [5.74, 6) is 0.528. The van der Waals surface area contributed by atoms with Crippen LogP contribution in [-0.4, -0.2) is 29.1 Å². The van der Waals surface area contributed by atoms with Crippen LogP contribution in [0.2, 0.25) is 0 Å². The van der Waals surface area contributed by atoms with Crippen molar-refractivity contribution in [2.75, 3.05) is 13.7 Å². The number of carbonyl (C=O) groups is 1. The molecule has 0 atom stereocenters. The summed E-state index contributed by atoms with van der Waals surface area (Å²) >= 11 is 0. The molecular weight excluding hydrogens is 338 g/mol. The Kier molecular flexibility index (Phi) is 5.60. The standard InChI is InChI=1S/C22H25N3O2/c1-15-5-6-18(11-16(15)2)9-10-23-22(26)19-7-8-20(21(12-19)27-4)25-13-17(3)24-14-25/h5-8,11-14H,9-10H2,1-4H3,(H,23,26). The maximum Gasteiger partial charge on any atom is 0.251 e. The average Bonchev–Trinajstić information content (AvgIpc) is 3.10. The Morgan fingerprint density at radius 3 is 2.59 bits per heavy atom. The predicted octanol–water partition coefficient (Wildman–Crippen LogP) is 3.78. The number of carbonyl (C=O) groups excluding carboxylic acids is 1. The van der Waals surface area contributed by atoms with Gasteiger partial charge in [-0.2, -0.15) is 0 Å². The largest absolute Gasteiger partial charge is 0.495 e. The van der Waals surface area contributed by atoms with E-state index in [1.54, 1.807) is 25.6 Å². The molecule has 0 spiro atoms. The van der Waals surface area contributed by atoms with Gasteiger partial charge in [0.2, 0.25) is 0 Å². The van der Waals surface area contributed by atoms with Gasteiger partial charge in [-0.3, -0.25) is 4.79 Å². The smallest absolute Gasteiger partial charge is 0.251 e. The number of nitrogens with one attached hydrogen (secondary N) is 1. The van der Waals surface area contributed by atoms with Crippen LogP contribution in [0.1, 0.15) is 32.7 Å². The van der Waals surface area contributed by atoms with Crippen LogP contribution in [0.15, 0.2) is 48.9 Å². The van der Waals surface area contributed by atoms with E-state index in [1.165, 1.54) is 16.7 Å². The quantitative estimate of drug-likeness (QED) is 0.725. The number of rotatable bonds is 6. The third-order valence-corrected chi connectivity index (χ3v) is 4.70. The van der Waals surface area contributed by atoms with Crippen LogP contribution in [0, 0.1) is 20.8 Å². The third kappa shape index (κ3) is 4.37. The molecule has 1 aromatic heterocycles. The van der Waals surface area contributed by atoms with E-state index in [1.807, 2.05) is 23.8 Å². The van der Waals surface area contributed by atoms with E-state index in [0.717, 1.165) is 17.8 Å². The highest BCUT2D eigenvalue weighted by molar-refractivity contribution is 5.95. The van der Waals surface area contributed by atoms with Gasteiger partial charge in [-0.1, -0.05) is 18.2 Å². The fourth-order valence-corrected chi connectivity index (χ4v) is 2.97. The van der Waals surface area contributed by atoms with Gasteiger partial charge < -0.3 is 14.6 Å². The molecule has 5 nitrogen and oxygen atoms in total. The Bertz CT molecular complexity index is 960. The fourth-order valence-electron chi connectivity index (χ4n) is 2.97. The zero-order chi connectivity index (χ0) is 19.4. The summed E-state index contributed by atoms with van der Waals surface area (Å²) in [6.45, 7) is 6.72. The molecule has 0 aliphatic rings. The van der Waals surface area contributed by atoms with E-state index in [0.29, 0.717) is 17.9 Å². The summed E-state index contributed by atoms with van der Waals surface area (Å²) in [4.78, 5) is 16.7. The molecule has 0 unspecified atom stereocenters. The first-order chi connectivity index (χ1) is 13.0.